The van der Waals surface area contributed by atoms with E-state index in [0.717, 1.165) is 17.2 Å². The summed E-state index contributed by atoms with van der Waals surface area (Å²) < 4.78 is 4.55. The fourth-order valence-electron chi connectivity index (χ4n) is 2.83. The van der Waals surface area contributed by atoms with Gasteiger partial charge in [0.2, 0.25) is 5.82 Å². The van der Waals surface area contributed by atoms with Crippen molar-refractivity contribution in [3.63, 3.8) is 0 Å². The lowest BCUT2D eigenvalue weighted by molar-refractivity contribution is -0.384. The van der Waals surface area contributed by atoms with Crippen molar-refractivity contribution < 1.29 is 19.6 Å². The molecule has 0 amide bonds. The monoisotopic (exact) mass is 329 g/mol. The van der Waals surface area contributed by atoms with E-state index in [1.165, 1.54) is 13.3 Å². The largest absolute Gasteiger partial charge is 0.465 e. The summed E-state index contributed by atoms with van der Waals surface area (Å²) in [6.45, 7) is 0. The number of nitrogens with zero attached hydrogens (tertiary/aromatic N) is 2. The summed E-state index contributed by atoms with van der Waals surface area (Å²) in [6.07, 6.45) is 0.945. The molecule has 1 heterocycles. The van der Waals surface area contributed by atoms with Crippen molar-refractivity contribution in [2.24, 2.45) is 0 Å². The van der Waals surface area contributed by atoms with Gasteiger partial charge in [0, 0.05) is 18.7 Å². The number of aromatic nitrogens is 1. The van der Waals surface area contributed by atoms with Gasteiger partial charge in [-0.1, -0.05) is 24.3 Å². The van der Waals surface area contributed by atoms with Crippen LogP contribution in [0.2, 0.25) is 0 Å². The fourth-order valence-corrected chi connectivity index (χ4v) is 2.83. The average molecular weight is 329 g/mol. The van der Waals surface area contributed by atoms with Crippen LogP contribution in [-0.4, -0.2) is 34.2 Å². The number of nitrogens with one attached hydrogen (secondary N) is 1. The molecule has 1 aliphatic rings. The van der Waals surface area contributed by atoms with Crippen LogP contribution in [0.3, 0.4) is 0 Å². The van der Waals surface area contributed by atoms with Crippen LogP contribution in [0.1, 0.15) is 27.5 Å². The van der Waals surface area contributed by atoms with E-state index in [1.54, 1.807) is 0 Å². The van der Waals surface area contributed by atoms with E-state index in [-0.39, 0.29) is 17.1 Å². The summed E-state index contributed by atoms with van der Waals surface area (Å²) in [6, 6.07) is 8.08. The molecule has 2 aromatic rings. The average Bonchev–Trinajstić information content (AvgIpc) is 2.90. The standard InChI is InChI=1S/C16H15N3O5/c1-24-16(21)10-6-12(19(22)23)15(17-8-10)18-14-11-5-3-2-4-9(11)7-13(14)20/h2-6,8,13-14,20H,7H2,1H3,(H,17,18). The molecule has 124 valence electrons. The minimum Gasteiger partial charge on any atom is -0.465 e. The van der Waals surface area contributed by atoms with Gasteiger partial charge in [-0.3, -0.25) is 10.1 Å². The second-order valence-electron chi connectivity index (χ2n) is 5.43. The number of pyridine rings is 1. The van der Waals surface area contributed by atoms with Gasteiger partial charge >= 0.3 is 11.7 Å². The van der Waals surface area contributed by atoms with Gasteiger partial charge < -0.3 is 15.2 Å². The first-order valence-electron chi connectivity index (χ1n) is 7.26. The Balaban J connectivity index is 1.95. The molecular formula is C16H15N3O5. The number of methoxy groups -OCH3 is 1. The molecule has 0 spiro atoms. The predicted octanol–water partition coefficient (Wildman–Crippen LogP) is 1.85. The molecule has 8 heteroatoms. The van der Waals surface area contributed by atoms with Gasteiger partial charge in [-0.25, -0.2) is 9.78 Å². The normalized spacial score (nSPS) is 18.8. The van der Waals surface area contributed by atoms with Gasteiger partial charge in [0.25, 0.3) is 0 Å². The summed E-state index contributed by atoms with van der Waals surface area (Å²) in [5.74, 6) is -0.711. The number of carbonyl (C=O) groups excluding carboxylic acids is 1. The van der Waals surface area contributed by atoms with Gasteiger partial charge in [-0.2, -0.15) is 0 Å². The summed E-state index contributed by atoms with van der Waals surface area (Å²) in [4.78, 5) is 26.2. The van der Waals surface area contributed by atoms with Crippen molar-refractivity contribution in [1.82, 2.24) is 4.98 Å². The molecule has 0 saturated heterocycles. The van der Waals surface area contributed by atoms with E-state index in [0.29, 0.717) is 6.42 Å². The zero-order valence-corrected chi connectivity index (χ0v) is 12.8. The van der Waals surface area contributed by atoms with Crippen LogP contribution in [-0.2, 0) is 11.2 Å². The molecule has 2 N–H and O–H groups in total. The lowest BCUT2D eigenvalue weighted by Gasteiger charge is -2.18. The molecule has 0 radical (unpaired) electrons. The molecule has 8 nitrogen and oxygen atoms in total. The van der Waals surface area contributed by atoms with Crippen molar-refractivity contribution in [3.8, 4) is 0 Å². The lowest BCUT2D eigenvalue weighted by atomic mass is 10.1. The lowest BCUT2D eigenvalue weighted by Crippen LogP contribution is -2.22. The maximum absolute atomic E-state index is 11.5. The molecule has 1 aliphatic carbocycles. The number of nitro groups is 1. The van der Waals surface area contributed by atoms with Crippen molar-refractivity contribution in [1.29, 1.82) is 0 Å². The van der Waals surface area contributed by atoms with E-state index < -0.39 is 23.0 Å². The summed E-state index contributed by atoms with van der Waals surface area (Å²) in [7, 11) is 1.19. The molecule has 0 fully saturated rings. The Bertz CT molecular complexity index is 808. The number of rotatable bonds is 4. The van der Waals surface area contributed by atoms with E-state index in [4.69, 9.17) is 0 Å². The molecule has 2 unspecified atom stereocenters. The highest BCUT2D eigenvalue weighted by Gasteiger charge is 2.33. The number of esters is 1. The number of carbonyl (C=O) groups is 1. The molecule has 0 bridgehead atoms. The van der Waals surface area contributed by atoms with E-state index in [9.17, 15) is 20.0 Å². The summed E-state index contributed by atoms with van der Waals surface area (Å²) in [5, 5.41) is 24.5. The van der Waals surface area contributed by atoms with Crippen LogP contribution < -0.4 is 5.32 Å². The van der Waals surface area contributed by atoms with Crippen LogP contribution in [0.25, 0.3) is 0 Å². The predicted molar refractivity (Wildman–Crippen MR) is 84.7 cm³/mol. The second-order valence-corrected chi connectivity index (χ2v) is 5.43. The first-order valence-corrected chi connectivity index (χ1v) is 7.26. The fraction of sp³-hybridized carbons (Fsp3) is 0.250. The Morgan fingerprint density at radius 1 is 1.46 bits per heavy atom. The number of fused-ring (bicyclic) bond motifs is 1. The highest BCUT2D eigenvalue weighted by molar-refractivity contribution is 5.90. The van der Waals surface area contributed by atoms with Crippen molar-refractivity contribution in [3.05, 3.63) is 63.3 Å². The molecule has 24 heavy (non-hydrogen) atoms. The molecule has 1 aromatic heterocycles. The molecule has 1 aromatic carbocycles. The van der Waals surface area contributed by atoms with Crippen LogP contribution in [0.5, 0.6) is 0 Å². The zero-order valence-electron chi connectivity index (χ0n) is 12.8. The van der Waals surface area contributed by atoms with Gasteiger partial charge in [-0.15, -0.1) is 0 Å². The minimum atomic E-state index is -0.718. The number of aliphatic hydroxyl groups is 1. The Hall–Kier alpha value is -3.00. The smallest absolute Gasteiger partial charge is 0.339 e. The summed E-state index contributed by atoms with van der Waals surface area (Å²) in [5.41, 5.74) is 1.49. The van der Waals surface area contributed by atoms with Gasteiger partial charge in [0.05, 0.1) is 29.7 Å². The second kappa shape index (κ2) is 6.25. The third-order valence-corrected chi connectivity index (χ3v) is 3.98. The molecule has 3 rings (SSSR count). The highest BCUT2D eigenvalue weighted by Crippen LogP contribution is 2.35. The molecular weight excluding hydrogens is 314 g/mol. The number of hydrogen-bond donors (Lipinski definition) is 2. The quantitative estimate of drug-likeness (QED) is 0.499. The third-order valence-electron chi connectivity index (χ3n) is 3.98. The van der Waals surface area contributed by atoms with Gasteiger partial charge in [-0.05, 0) is 11.1 Å². The molecule has 0 aliphatic heterocycles. The molecule has 0 saturated carbocycles. The number of hydrogen-bond acceptors (Lipinski definition) is 7. The Morgan fingerprint density at radius 3 is 2.92 bits per heavy atom. The van der Waals surface area contributed by atoms with E-state index in [1.807, 2.05) is 24.3 Å². The van der Waals surface area contributed by atoms with Crippen molar-refractivity contribution in [2.75, 3.05) is 12.4 Å². The van der Waals surface area contributed by atoms with Crippen LogP contribution >= 0.6 is 0 Å². The topological polar surface area (TPSA) is 115 Å². The van der Waals surface area contributed by atoms with Crippen molar-refractivity contribution >= 4 is 17.5 Å². The number of anilines is 1. The Labute approximate surface area is 137 Å². The van der Waals surface area contributed by atoms with Crippen LogP contribution in [0, 0.1) is 10.1 Å². The number of aliphatic hydroxyl groups excluding tert-OH is 1. The maximum Gasteiger partial charge on any atom is 0.339 e. The highest BCUT2D eigenvalue weighted by atomic mass is 16.6. The third kappa shape index (κ3) is 2.79. The first-order chi connectivity index (χ1) is 11.5. The van der Waals surface area contributed by atoms with Crippen LogP contribution in [0.15, 0.2) is 36.5 Å². The Kier molecular flexibility index (Phi) is 4.13. The first kappa shape index (κ1) is 15.9. The van der Waals surface area contributed by atoms with Gasteiger partial charge in [0.15, 0.2) is 0 Å². The van der Waals surface area contributed by atoms with E-state index >= 15 is 0 Å². The van der Waals surface area contributed by atoms with Crippen molar-refractivity contribution in [2.45, 2.75) is 18.6 Å². The number of benzene rings is 1. The number of ether oxygens (including phenoxy) is 1. The Morgan fingerprint density at radius 2 is 2.21 bits per heavy atom. The van der Waals surface area contributed by atoms with Gasteiger partial charge in [0.1, 0.15) is 0 Å². The minimum absolute atomic E-state index is 0.00611. The maximum atomic E-state index is 11.5. The zero-order chi connectivity index (χ0) is 17.3. The molecule has 2 atom stereocenters. The van der Waals surface area contributed by atoms with Crippen LogP contribution in [0.4, 0.5) is 11.5 Å². The van der Waals surface area contributed by atoms with E-state index in [2.05, 4.69) is 15.0 Å². The SMILES string of the molecule is COC(=O)c1cnc(NC2c3ccccc3CC2O)c([N+](=O)[O-])c1. The summed E-state index contributed by atoms with van der Waals surface area (Å²) >= 11 is 0.